The first-order valence-corrected chi connectivity index (χ1v) is 9.32. The maximum Gasteiger partial charge on any atom is 0.243 e. The molecule has 118 valence electrons. The minimum absolute atomic E-state index is 0.235. The lowest BCUT2D eigenvalue weighted by Gasteiger charge is -2.20. The molecule has 4 nitrogen and oxygen atoms in total. The minimum atomic E-state index is -3.47. The van der Waals surface area contributed by atoms with Crippen molar-refractivity contribution < 1.29 is 8.42 Å². The van der Waals surface area contributed by atoms with E-state index in [1.54, 1.807) is 10.4 Å². The van der Waals surface area contributed by atoms with Gasteiger partial charge in [0.15, 0.2) is 0 Å². The number of nitrogens with two attached hydrogens (primary N) is 1. The van der Waals surface area contributed by atoms with Gasteiger partial charge < -0.3 is 5.73 Å². The molecule has 0 radical (unpaired) electrons. The molecule has 6 heteroatoms. The van der Waals surface area contributed by atoms with Gasteiger partial charge in [-0.3, -0.25) is 0 Å². The SMILES string of the molecule is CCCC1CCCN(S(=O)(=O)c2ccc(Cl)c(N)c2)CC1. The van der Waals surface area contributed by atoms with Crippen LogP contribution in [0.4, 0.5) is 5.69 Å². The Hall–Kier alpha value is -0.780. The van der Waals surface area contributed by atoms with Crippen LogP contribution in [-0.4, -0.2) is 25.8 Å². The predicted octanol–water partition coefficient (Wildman–Crippen LogP) is 3.51. The highest BCUT2D eigenvalue weighted by Crippen LogP contribution is 2.28. The highest BCUT2D eigenvalue weighted by Gasteiger charge is 2.27. The van der Waals surface area contributed by atoms with Crippen LogP contribution in [0.1, 0.15) is 39.0 Å². The maximum absolute atomic E-state index is 12.7. The zero-order valence-corrected chi connectivity index (χ0v) is 14.0. The number of benzene rings is 1. The van der Waals surface area contributed by atoms with Crippen LogP contribution in [0.3, 0.4) is 0 Å². The number of rotatable bonds is 4. The fraction of sp³-hybridized carbons (Fsp3) is 0.600. The topological polar surface area (TPSA) is 63.4 Å². The van der Waals surface area contributed by atoms with Crippen molar-refractivity contribution in [2.75, 3.05) is 18.8 Å². The molecule has 2 rings (SSSR count). The van der Waals surface area contributed by atoms with Crippen molar-refractivity contribution in [1.29, 1.82) is 0 Å². The van der Waals surface area contributed by atoms with Gasteiger partial charge in [-0.05, 0) is 43.4 Å². The van der Waals surface area contributed by atoms with E-state index in [9.17, 15) is 8.42 Å². The molecule has 0 bridgehead atoms. The van der Waals surface area contributed by atoms with Crippen LogP contribution in [0.25, 0.3) is 0 Å². The second-order valence-electron chi connectivity index (χ2n) is 5.67. The van der Waals surface area contributed by atoms with E-state index in [0.717, 1.165) is 25.7 Å². The van der Waals surface area contributed by atoms with E-state index >= 15 is 0 Å². The molecule has 1 heterocycles. The van der Waals surface area contributed by atoms with Gasteiger partial charge in [-0.2, -0.15) is 4.31 Å². The molecular weight excluding hydrogens is 308 g/mol. The molecule has 1 unspecified atom stereocenters. The molecule has 1 aromatic rings. The van der Waals surface area contributed by atoms with Gasteiger partial charge in [-0.1, -0.05) is 31.4 Å². The fourth-order valence-corrected chi connectivity index (χ4v) is 4.55. The lowest BCUT2D eigenvalue weighted by atomic mass is 9.96. The second-order valence-corrected chi connectivity index (χ2v) is 8.02. The highest BCUT2D eigenvalue weighted by atomic mass is 35.5. The van der Waals surface area contributed by atoms with Crippen molar-refractivity contribution in [2.24, 2.45) is 5.92 Å². The maximum atomic E-state index is 12.7. The largest absolute Gasteiger partial charge is 0.397 e. The summed E-state index contributed by atoms with van der Waals surface area (Å²) in [5.74, 6) is 0.644. The monoisotopic (exact) mass is 330 g/mol. The van der Waals surface area contributed by atoms with Crippen molar-refractivity contribution in [2.45, 2.75) is 43.9 Å². The first kappa shape index (κ1) is 16.6. The molecule has 0 saturated carbocycles. The second kappa shape index (κ2) is 6.99. The zero-order chi connectivity index (χ0) is 15.5. The van der Waals surface area contributed by atoms with Gasteiger partial charge in [-0.15, -0.1) is 0 Å². The van der Waals surface area contributed by atoms with Crippen molar-refractivity contribution in [3.8, 4) is 0 Å². The van der Waals surface area contributed by atoms with Gasteiger partial charge in [-0.25, -0.2) is 8.42 Å². The van der Waals surface area contributed by atoms with Gasteiger partial charge >= 0.3 is 0 Å². The van der Waals surface area contributed by atoms with E-state index in [0.29, 0.717) is 29.7 Å². The third kappa shape index (κ3) is 3.90. The molecule has 1 atom stereocenters. The van der Waals surface area contributed by atoms with Gasteiger partial charge in [0.1, 0.15) is 0 Å². The molecule has 1 saturated heterocycles. The molecule has 1 aliphatic heterocycles. The Morgan fingerprint density at radius 2 is 2.10 bits per heavy atom. The first-order valence-electron chi connectivity index (χ1n) is 7.50. The smallest absolute Gasteiger partial charge is 0.243 e. The fourth-order valence-electron chi connectivity index (χ4n) is 2.91. The van der Waals surface area contributed by atoms with Gasteiger partial charge in [0.05, 0.1) is 15.6 Å². The van der Waals surface area contributed by atoms with Crippen LogP contribution < -0.4 is 5.73 Å². The average molecular weight is 331 g/mol. The Bertz CT molecular complexity index is 589. The van der Waals surface area contributed by atoms with E-state index in [1.807, 2.05) is 0 Å². The van der Waals surface area contributed by atoms with Crippen molar-refractivity contribution >= 4 is 27.3 Å². The summed E-state index contributed by atoms with van der Waals surface area (Å²) in [5.41, 5.74) is 6.03. The number of anilines is 1. The van der Waals surface area contributed by atoms with Gasteiger partial charge in [0.25, 0.3) is 0 Å². The van der Waals surface area contributed by atoms with Crippen LogP contribution >= 0.6 is 11.6 Å². The van der Waals surface area contributed by atoms with Crippen LogP contribution in [0.15, 0.2) is 23.1 Å². The van der Waals surface area contributed by atoms with Crippen LogP contribution in [0.2, 0.25) is 5.02 Å². The van der Waals surface area contributed by atoms with E-state index in [-0.39, 0.29) is 4.90 Å². The molecule has 0 aliphatic carbocycles. The summed E-state index contributed by atoms with van der Waals surface area (Å²) in [6.07, 6.45) is 5.32. The average Bonchev–Trinajstić information content (AvgIpc) is 2.68. The quantitative estimate of drug-likeness (QED) is 0.859. The molecule has 0 amide bonds. The van der Waals surface area contributed by atoms with E-state index < -0.39 is 10.0 Å². The number of hydrogen-bond acceptors (Lipinski definition) is 3. The summed E-state index contributed by atoms with van der Waals surface area (Å²) in [7, 11) is -3.47. The molecule has 2 N–H and O–H groups in total. The molecule has 21 heavy (non-hydrogen) atoms. The molecule has 0 aromatic heterocycles. The summed E-state index contributed by atoms with van der Waals surface area (Å²) < 4.78 is 27.0. The highest BCUT2D eigenvalue weighted by molar-refractivity contribution is 7.89. The summed E-state index contributed by atoms with van der Waals surface area (Å²) in [4.78, 5) is 0.235. The normalized spacial score (nSPS) is 21.1. The zero-order valence-electron chi connectivity index (χ0n) is 12.4. The lowest BCUT2D eigenvalue weighted by molar-refractivity contribution is 0.400. The predicted molar refractivity (Wildman–Crippen MR) is 86.9 cm³/mol. The van der Waals surface area contributed by atoms with Crippen LogP contribution in [-0.2, 0) is 10.0 Å². The third-order valence-corrected chi connectivity index (χ3v) is 6.35. The Labute approximate surface area is 132 Å². The van der Waals surface area contributed by atoms with Gasteiger partial charge in [0.2, 0.25) is 10.0 Å². The molecule has 1 aromatic carbocycles. The van der Waals surface area contributed by atoms with Crippen molar-refractivity contribution in [3.05, 3.63) is 23.2 Å². The summed E-state index contributed by atoms with van der Waals surface area (Å²) in [6.45, 7) is 3.36. The Morgan fingerprint density at radius 3 is 2.76 bits per heavy atom. The molecule has 0 spiro atoms. The number of nitrogen functional groups attached to an aromatic ring is 1. The lowest BCUT2D eigenvalue weighted by Crippen LogP contribution is -2.32. The Balaban J connectivity index is 2.17. The number of halogens is 1. The molecule has 1 aliphatic rings. The summed E-state index contributed by atoms with van der Waals surface area (Å²) in [6, 6.07) is 4.52. The number of sulfonamides is 1. The molecular formula is C15H23ClN2O2S. The van der Waals surface area contributed by atoms with E-state index in [4.69, 9.17) is 17.3 Å². The van der Waals surface area contributed by atoms with E-state index in [2.05, 4.69) is 6.92 Å². The van der Waals surface area contributed by atoms with Crippen LogP contribution in [0, 0.1) is 5.92 Å². The standard InChI is InChI=1S/C15H23ClN2O2S/c1-2-4-12-5-3-9-18(10-8-12)21(19,20)13-6-7-14(16)15(17)11-13/h6-7,11-12H,2-5,8-10,17H2,1H3. The summed E-state index contributed by atoms with van der Waals surface area (Å²) in [5, 5.41) is 0.382. The van der Waals surface area contributed by atoms with Gasteiger partial charge in [0, 0.05) is 13.1 Å². The summed E-state index contributed by atoms with van der Waals surface area (Å²) >= 11 is 5.86. The Kier molecular flexibility index (Phi) is 5.52. The van der Waals surface area contributed by atoms with Crippen LogP contribution in [0.5, 0.6) is 0 Å². The molecule has 1 fully saturated rings. The van der Waals surface area contributed by atoms with Crippen molar-refractivity contribution in [3.63, 3.8) is 0 Å². The Morgan fingerprint density at radius 1 is 1.33 bits per heavy atom. The van der Waals surface area contributed by atoms with E-state index in [1.165, 1.54) is 18.6 Å². The minimum Gasteiger partial charge on any atom is -0.397 e. The number of nitrogens with zero attached hydrogens (tertiary/aromatic N) is 1. The number of hydrogen-bond donors (Lipinski definition) is 1. The third-order valence-electron chi connectivity index (χ3n) is 4.11. The van der Waals surface area contributed by atoms with Crippen molar-refractivity contribution in [1.82, 2.24) is 4.31 Å². The first-order chi connectivity index (χ1) is 9.95.